The first-order chi connectivity index (χ1) is 12.2. The number of aromatic nitrogens is 4. The van der Waals surface area contributed by atoms with E-state index in [2.05, 4.69) is 39.9 Å². The molecule has 25 heavy (non-hydrogen) atoms. The molecule has 1 saturated carbocycles. The van der Waals surface area contributed by atoms with Gasteiger partial charge in [0.25, 0.3) is 5.91 Å². The Balaban J connectivity index is 1.32. The summed E-state index contributed by atoms with van der Waals surface area (Å²) >= 11 is 0. The molecule has 0 spiro atoms. The van der Waals surface area contributed by atoms with Crippen molar-refractivity contribution >= 4 is 11.5 Å². The number of amides is 1. The molecule has 0 bridgehead atoms. The first kappa shape index (κ1) is 15.8. The minimum Gasteiger partial charge on any atom is -0.350 e. The van der Waals surface area contributed by atoms with Gasteiger partial charge in [0.05, 0.1) is 11.7 Å². The lowest BCUT2D eigenvalue weighted by molar-refractivity contribution is 0.0850. The van der Waals surface area contributed by atoms with Crippen molar-refractivity contribution in [2.24, 2.45) is 0 Å². The summed E-state index contributed by atoms with van der Waals surface area (Å²) in [5.41, 5.74) is 2.71. The quantitative estimate of drug-likeness (QED) is 0.905. The van der Waals surface area contributed by atoms with Crippen molar-refractivity contribution in [2.45, 2.75) is 51.1 Å². The van der Waals surface area contributed by atoms with E-state index in [-0.39, 0.29) is 17.7 Å². The second-order valence-electron chi connectivity index (χ2n) is 6.55. The maximum atomic E-state index is 12.3. The van der Waals surface area contributed by atoms with Crippen molar-refractivity contribution in [3.05, 3.63) is 47.6 Å². The molecule has 0 atom stereocenters. The smallest absolute Gasteiger partial charge is 0.290 e. The van der Waals surface area contributed by atoms with Crippen LogP contribution in [0.3, 0.4) is 0 Å². The van der Waals surface area contributed by atoms with E-state index in [0.717, 1.165) is 43.4 Å². The molecule has 0 aliphatic heterocycles. The Bertz CT molecular complexity index is 826. The zero-order valence-corrected chi connectivity index (χ0v) is 14.2. The van der Waals surface area contributed by atoms with Crippen LogP contribution in [0.2, 0.25) is 0 Å². The molecule has 7 nitrogen and oxygen atoms in total. The van der Waals surface area contributed by atoms with Gasteiger partial charge in [-0.2, -0.15) is 0 Å². The molecule has 1 amide bonds. The van der Waals surface area contributed by atoms with Crippen LogP contribution in [-0.4, -0.2) is 32.1 Å². The first-order valence-electron chi connectivity index (χ1n) is 8.78. The van der Waals surface area contributed by atoms with Crippen molar-refractivity contribution in [1.29, 1.82) is 0 Å². The average molecular weight is 339 g/mol. The summed E-state index contributed by atoms with van der Waals surface area (Å²) in [6.45, 7) is 2.06. The summed E-state index contributed by atoms with van der Waals surface area (Å²) < 4.78 is 7.11. The fraction of sp³-hybridized carbons (Fsp3) is 0.444. The third-order valence-corrected chi connectivity index (χ3v) is 4.77. The van der Waals surface area contributed by atoms with Gasteiger partial charge in [-0.15, -0.1) is 5.10 Å². The highest BCUT2D eigenvalue weighted by Gasteiger charge is 2.33. The van der Waals surface area contributed by atoms with Gasteiger partial charge >= 0.3 is 0 Å². The van der Waals surface area contributed by atoms with Crippen LogP contribution < -0.4 is 5.32 Å². The predicted molar refractivity (Wildman–Crippen MR) is 91.8 cm³/mol. The lowest BCUT2D eigenvalue weighted by Crippen LogP contribution is -2.45. The highest BCUT2D eigenvalue weighted by Crippen LogP contribution is 2.32. The fourth-order valence-corrected chi connectivity index (χ4v) is 3.15. The number of rotatable bonds is 5. The van der Waals surface area contributed by atoms with Gasteiger partial charge in [-0.1, -0.05) is 35.5 Å². The molecule has 2 aromatic rings. The Hall–Kier alpha value is -2.70. The summed E-state index contributed by atoms with van der Waals surface area (Å²) in [6, 6.07) is 2.15. The van der Waals surface area contributed by atoms with E-state index in [1.54, 1.807) is 6.07 Å². The zero-order valence-electron chi connectivity index (χ0n) is 14.2. The largest absolute Gasteiger partial charge is 0.350 e. The molecule has 7 heteroatoms. The molecule has 2 aromatic heterocycles. The lowest BCUT2D eigenvalue weighted by Gasteiger charge is -2.35. The Kier molecular flexibility index (Phi) is 4.21. The van der Waals surface area contributed by atoms with Gasteiger partial charge < -0.3 is 9.84 Å². The van der Waals surface area contributed by atoms with E-state index in [1.165, 1.54) is 0 Å². The van der Waals surface area contributed by atoms with Crippen LogP contribution in [0.1, 0.15) is 60.6 Å². The maximum absolute atomic E-state index is 12.3. The molecule has 0 unspecified atom stereocenters. The van der Waals surface area contributed by atoms with Gasteiger partial charge in [-0.3, -0.25) is 4.79 Å². The van der Waals surface area contributed by atoms with E-state index in [9.17, 15) is 4.79 Å². The van der Waals surface area contributed by atoms with Crippen LogP contribution in [0.5, 0.6) is 0 Å². The summed E-state index contributed by atoms with van der Waals surface area (Å²) in [5, 5.41) is 15.3. The van der Waals surface area contributed by atoms with Crippen molar-refractivity contribution < 1.29 is 9.32 Å². The number of hydrogen-bond donors (Lipinski definition) is 1. The summed E-state index contributed by atoms with van der Waals surface area (Å²) in [7, 11) is 0. The van der Waals surface area contributed by atoms with Crippen molar-refractivity contribution in [3.63, 3.8) is 0 Å². The third kappa shape index (κ3) is 3.26. The fourth-order valence-electron chi connectivity index (χ4n) is 3.15. The predicted octanol–water partition coefficient (Wildman–Crippen LogP) is 2.70. The van der Waals surface area contributed by atoms with E-state index in [0.29, 0.717) is 11.7 Å². The maximum Gasteiger partial charge on any atom is 0.290 e. The minimum atomic E-state index is -0.213. The molecule has 0 aromatic carbocycles. The highest BCUT2D eigenvalue weighted by molar-refractivity contribution is 5.92. The van der Waals surface area contributed by atoms with Gasteiger partial charge in [-0.05, 0) is 37.7 Å². The number of carbonyl (C=O) groups is 1. The monoisotopic (exact) mass is 339 g/mol. The molecular weight excluding hydrogens is 318 g/mol. The van der Waals surface area contributed by atoms with Crippen LogP contribution in [0.4, 0.5) is 0 Å². The second-order valence-corrected chi connectivity index (χ2v) is 6.55. The highest BCUT2D eigenvalue weighted by atomic mass is 16.5. The van der Waals surface area contributed by atoms with E-state index >= 15 is 0 Å². The van der Waals surface area contributed by atoms with Crippen molar-refractivity contribution in [3.8, 4) is 0 Å². The molecule has 0 saturated heterocycles. The Labute approximate surface area is 145 Å². The summed E-state index contributed by atoms with van der Waals surface area (Å²) in [6.07, 6.45) is 12.8. The van der Waals surface area contributed by atoms with E-state index in [4.69, 9.17) is 4.52 Å². The Morgan fingerprint density at radius 1 is 1.40 bits per heavy atom. The third-order valence-electron chi connectivity index (χ3n) is 4.77. The molecule has 4 rings (SSSR count). The molecule has 2 aliphatic carbocycles. The Morgan fingerprint density at radius 3 is 3.00 bits per heavy atom. The second kappa shape index (κ2) is 6.66. The molecular formula is C18H21N5O2. The molecule has 130 valence electrons. The average Bonchev–Trinajstić information content (AvgIpc) is 3.27. The summed E-state index contributed by atoms with van der Waals surface area (Å²) in [5.74, 6) is 0.0442. The number of allylic oxidation sites excluding steroid dienone is 4. The van der Waals surface area contributed by atoms with Crippen LogP contribution >= 0.6 is 0 Å². The zero-order chi connectivity index (χ0) is 17.2. The number of hydrogen-bond acceptors (Lipinski definition) is 5. The SMILES string of the molecule is CCc1cn(C2CC(NC(=O)c3cc(C4=CCCC=C4)no3)C2)nn1. The lowest BCUT2D eigenvalue weighted by atomic mass is 9.87. The van der Waals surface area contributed by atoms with Gasteiger partial charge in [0.1, 0.15) is 5.69 Å². The molecule has 1 N–H and O–H groups in total. The number of carbonyl (C=O) groups excluding carboxylic acids is 1. The van der Waals surface area contributed by atoms with E-state index in [1.807, 2.05) is 17.0 Å². The standard InChI is InChI=1S/C18H21N5O2/c1-2-13-11-23(22-20-13)15-8-14(9-15)19-18(24)17-10-16(21-25-17)12-6-4-3-5-7-12/h4,6-7,10-11,14-15H,2-3,5,8-9H2,1H3,(H,19,24). The number of aryl methyl sites for hydroxylation is 1. The molecule has 0 radical (unpaired) electrons. The number of nitrogens with one attached hydrogen (secondary N) is 1. The van der Waals surface area contributed by atoms with Crippen LogP contribution in [0.25, 0.3) is 5.57 Å². The molecule has 2 heterocycles. The van der Waals surface area contributed by atoms with Crippen molar-refractivity contribution in [2.75, 3.05) is 0 Å². The topological polar surface area (TPSA) is 85.8 Å². The summed E-state index contributed by atoms with van der Waals surface area (Å²) in [4.78, 5) is 12.3. The van der Waals surface area contributed by atoms with Crippen LogP contribution in [-0.2, 0) is 6.42 Å². The van der Waals surface area contributed by atoms with Crippen LogP contribution in [0, 0.1) is 0 Å². The van der Waals surface area contributed by atoms with Gasteiger partial charge in [0.15, 0.2) is 0 Å². The van der Waals surface area contributed by atoms with Crippen LogP contribution in [0.15, 0.2) is 35.0 Å². The first-order valence-corrected chi connectivity index (χ1v) is 8.78. The van der Waals surface area contributed by atoms with Gasteiger partial charge in [-0.25, -0.2) is 4.68 Å². The molecule has 2 aliphatic rings. The van der Waals surface area contributed by atoms with Crippen molar-refractivity contribution in [1.82, 2.24) is 25.5 Å². The number of nitrogens with zero attached hydrogens (tertiary/aromatic N) is 4. The van der Waals surface area contributed by atoms with Gasteiger partial charge in [0.2, 0.25) is 5.76 Å². The minimum absolute atomic E-state index is 0.133. The Morgan fingerprint density at radius 2 is 2.28 bits per heavy atom. The van der Waals surface area contributed by atoms with E-state index < -0.39 is 0 Å². The molecule has 1 fully saturated rings. The van der Waals surface area contributed by atoms with Gasteiger partial charge in [0, 0.05) is 18.3 Å². The normalized spacial score (nSPS) is 22.4.